The van der Waals surface area contributed by atoms with E-state index in [9.17, 15) is 9.59 Å². The second-order valence-electron chi connectivity index (χ2n) is 6.01. The van der Waals surface area contributed by atoms with Crippen LogP contribution in [0, 0.1) is 5.92 Å². The summed E-state index contributed by atoms with van der Waals surface area (Å²) in [6.07, 6.45) is 1.11. The lowest BCUT2D eigenvalue weighted by Crippen LogP contribution is -2.28. The first-order valence-electron chi connectivity index (χ1n) is 8.13. The normalized spacial score (nSPS) is 17.0. The molecular weight excluding hydrogens is 359 g/mol. The maximum Gasteiger partial charge on any atom is 0.229 e. The van der Waals surface area contributed by atoms with Gasteiger partial charge in [-0.05, 0) is 36.2 Å². The molecule has 1 fully saturated rings. The van der Waals surface area contributed by atoms with Gasteiger partial charge < -0.3 is 10.2 Å². The van der Waals surface area contributed by atoms with Gasteiger partial charge in [0.1, 0.15) is 0 Å². The van der Waals surface area contributed by atoms with Crippen LogP contribution in [-0.4, -0.2) is 18.4 Å². The summed E-state index contributed by atoms with van der Waals surface area (Å²) in [7, 11) is 0. The number of halogens is 2. The van der Waals surface area contributed by atoms with Crippen LogP contribution < -0.4 is 10.2 Å². The Morgan fingerprint density at radius 1 is 1.16 bits per heavy atom. The summed E-state index contributed by atoms with van der Waals surface area (Å²) in [6, 6.07) is 12.9. The summed E-state index contributed by atoms with van der Waals surface area (Å²) in [4.78, 5) is 26.5. The number of para-hydroxylation sites is 1. The predicted molar refractivity (Wildman–Crippen MR) is 101 cm³/mol. The average molecular weight is 377 g/mol. The lowest BCUT2D eigenvalue weighted by Gasteiger charge is -2.17. The van der Waals surface area contributed by atoms with Gasteiger partial charge in [-0.25, -0.2) is 0 Å². The fourth-order valence-corrected chi connectivity index (χ4v) is 3.38. The van der Waals surface area contributed by atoms with Crippen LogP contribution in [0.3, 0.4) is 0 Å². The minimum Gasteiger partial charge on any atom is -0.323 e. The van der Waals surface area contributed by atoms with E-state index in [1.807, 2.05) is 24.3 Å². The van der Waals surface area contributed by atoms with Gasteiger partial charge in [-0.15, -0.1) is 0 Å². The summed E-state index contributed by atoms with van der Waals surface area (Å²) < 4.78 is 0. The van der Waals surface area contributed by atoms with Crippen LogP contribution in [0.25, 0.3) is 0 Å². The number of benzene rings is 2. The van der Waals surface area contributed by atoms with E-state index in [0.717, 1.165) is 12.1 Å². The number of nitrogens with zero attached hydrogens (tertiary/aromatic N) is 1. The molecule has 1 atom stereocenters. The van der Waals surface area contributed by atoms with Crippen LogP contribution in [0.15, 0.2) is 42.5 Å². The zero-order valence-corrected chi connectivity index (χ0v) is 15.3. The molecule has 2 amide bonds. The van der Waals surface area contributed by atoms with Crippen molar-refractivity contribution in [2.75, 3.05) is 16.8 Å². The summed E-state index contributed by atoms with van der Waals surface area (Å²) in [5.74, 6) is -0.753. The molecule has 0 aliphatic carbocycles. The molecule has 1 saturated heterocycles. The third-order valence-electron chi connectivity index (χ3n) is 4.36. The smallest absolute Gasteiger partial charge is 0.229 e. The van der Waals surface area contributed by atoms with Crippen molar-refractivity contribution in [2.45, 2.75) is 19.8 Å². The number of hydrogen-bond donors (Lipinski definition) is 1. The number of carbonyl (C=O) groups is 2. The lowest BCUT2D eigenvalue weighted by molar-refractivity contribution is -0.122. The molecule has 0 bridgehead atoms. The molecule has 0 spiro atoms. The van der Waals surface area contributed by atoms with Gasteiger partial charge in [-0.3, -0.25) is 9.59 Å². The first-order valence-corrected chi connectivity index (χ1v) is 8.89. The lowest BCUT2D eigenvalue weighted by atomic mass is 10.1. The zero-order valence-electron chi connectivity index (χ0n) is 13.8. The third-order valence-corrected chi connectivity index (χ3v) is 4.99. The van der Waals surface area contributed by atoms with E-state index < -0.39 is 5.92 Å². The van der Waals surface area contributed by atoms with Crippen molar-refractivity contribution in [3.8, 4) is 0 Å². The highest BCUT2D eigenvalue weighted by molar-refractivity contribution is 6.39. The molecule has 1 N–H and O–H groups in total. The Labute approximate surface area is 156 Å². The molecule has 2 aromatic rings. The monoisotopic (exact) mass is 376 g/mol. The topological polar surface area (TPSA) is 49.4 Å². The Balaban J connectivity index is 1.72. The Bertz CT molecular complexity index is 785. The van der Waals surface area contributed by atoms with Gasteiger partial charge in [0.2, 0.25) is 11.8 Å². The maximum absolute atomic E-state index is 12.5. The maximum atomic E-state index is 12.5. The second-order valence-corrected chi connectivity index (χ2v) is 6.83. The summed E-state index contributed by atoms with van der Waals surface area (Å²) in [5, 5.41) is 3.49. The van der Waals surface area contributed by atoms with Crippen molar-refractivity contribution in [3.05, 3.63) is 58.1 Å². The molecule has 1 heterocycles. The second kappa shape index (κ2) is 7.46. The molecule has 25 heavy (non-hydrogen) atoms. The fourth-order valence-electron chi connectivity index (χ4n) is 2.89. The molecule has 3 rings (SSSR count). The number of nitrogens with one attached hydrogen (secondary N) is 1. The number of hydrogen-bond acceptors (Lipinski definition) is 2. The standard InChI is InChI=1S/C19H18Cl2N2O2/c1-2-12-6-8-14(9-7-12)23-11-13(10-17(23)24)19(25)22-18-15(20)4-3-5-16(18)21/h3-9,13H,2,10-11H2,1H3,(H,22,25). The Morgan fingerprint density at radius 2 is 1.80 bits per heavy atom. The predicted octanol–water partition coefficient (Wildman–Crippen LogP) is 4.55. The molecule has 6 heteroatoms. The molecule has 1 aliphatic rings. The van der Waals surface area contributed by atoms with Crippen molar-refractivity contribution >= 4 is 46.4 Å². The van der Waals surface area contributed by atoms with E-state index >= 15 is 0 Å². The van der Waals surface area contributed by atoms with Crippen molar-refractivity contribution in [3.63, 3.8) is 0 Å². The molecule has 1 unspecified atom stereocenters. The molecule has 0 radical (unpaired) electrons. The number of amides is 2. The summed E-state index contributed by atoms with van der Waals surface area (Å²) in [6.45, 7) is 2.43. The van der Waals surface area contributed by atoms with Crippen LogP contribution in [0.5, 0.6) is 0 Å². The number of aryl methyl sites for hydroxylation is 1. The van der Waals surface area contributed by atoms with E-state index in [2.05, 4.69) is 12.2 Å². The van der Waals surface area contributed by atoms with Crippen molar-refractivity contribution in [1.82, 2.24) is 0 Å². The van der Waals surface area contributed by atoms with Gasteiger partial charge in [0.15, 0.2) is 0 Å². The zero-order chi connectivity index (χ0) is 18.0. The van der Waals surface area contributed by atoms with Crippen LogP contribution in [0.1, 0.15) is 18.9 Å². The largest absolute Gasteiger partial charge is 0.323 e. The van der Waals surface area contributed by atoms with Gasteiger partial charge >= 0.3 is 0 Å². The van der Waals surface area contributed by atoms with Crippen LogP contribution in [0.4, 0.5) is 11.4 Å². The number of rotatable bonds is 4. The van der Waals surface area contributed by atoms with E-state index in [1.165, 1.54) is 5.56 Å². The van der Waals surface area contributed by atoms with E-state index in [4.69, 9.17) is 23.2 Å². The molecule has 0 aromatic heterocycles. The van der Waals surface area contributed by atoms with Crippen LogP contribution >= 0.6 is 23.2 Å². The highest BCUT2D eigenvalue weighted by atomic mass is 35.5. The number of anilines is 2. The first-order chi connectivity index (χ1) is 12.0. The molecular formula is C19H18Cl2N2O2. The molecule has 0 saturated carbocycles. The van der Waals surface area contributed by atoms with Crippen molar-refractivity contribution in [1.29, 1.82) is 0 Å². The van der Waals surface area contributed by atoms with Crippen molar-refractivity contribution in [2.24, 2.45) is 5.92 Å². The van der Waals surface area contributed by atoms with Crippen LogP contribution in [-0.2, 0) is 16.0 Å². The number of carbonyl (C=O) groups excluding carboxylic acids is 2. The molecule has 1 aliphatic heterocycles. The highest BCUT2D eigenvalue weighted by Gasteiger charge is 2.35. The third kappa shape index (κ3) is 3.80. The first kappa shape index (κ1) is 17.8. The minimum absolute atomic E-state index is 0.0605. The minimum atomic E-state index is -0.439. The van der Waals surface area contributed by atoms with Gasteiger partial charge in [-0.2, -0.15) is 0 Å². The fraction of sp³-hybridized carbons (Fsp3) is 0.263. The molecule has 4 nitrogen and oxygen atoms in total. The summed E-state index contributed by atoms with van der Waals surface area (Å²) in [5.41, 5.74) is 2.40. The highest BCUT2D eigenvalue weighted by Crippen LogP contribution is 2.32. The van der Waals surface area contributed by atoms with E-state index in [0.29, 0.717) is 22.3 Å². The SMILES string of the molecule is CCc1ccc(N2CC(C(=O)Nc3c(Cl)cccc3Cl)CC2=O)cc1. The average Bonchev–Trinajstić information content (AvgIpc) is 3.00. The molecule has 130 valence electrons. The van der Waals surface area contributed by atoms with Gasteiger partial charge in [0.25, 0.3) is 0 Å². The Morgan fingerprint density at radius 3 is 2.40 bits per heavy atom. The van der Waals surface area contributed by atoms with E-state index in [1.54, 1.807) is 23.1 Å². The van der Waals surface area contributed by atoms with Crippen LogP contribution in [0.2, 0.25) is 10.0 Å². The van der Waals surface area contributed by atoms with Gasteiger partial charge in [0.05, 0.1) is 21.7 Å². The molecule has 2 aromatic carbocycles. The van der Waals surface area contributed by atoms with Crippen molar-refractivity contribution < 1.29 is 9.59 Å². The Hall–Kier alpha value is -2.04. The van der Waals surface area contributed by atoms with E-state index in [-0.39, 0.29) is 18.2 Å². The Kier molecular flexibility index (Phi) is 5.30. The van der Waals surface area contributed by atoms with Gasteiger partial charge in [-0.1, -0.05) is 48.3 Å². The quantitative estimate of drug-likeness (QED) is 0.850. The van der Waals surface area contributed by atoms with Gasteiger partial charge in [0, 0.05) is 18.7 Å². The summed E-state index contributed by atoms with van der Waals surface area (Å²) >= 11 is 12.2.